The number of anilines is 2. The van der Waals surface area contributed by atoms with E-state index < -0.39 is 18.5 Å². The number of nitrogens with zero attached hydrogens (tertiary/aromatic N) is 2. The van der Waals surface area contributed by atoms with Gasteiger partial charge in [0.05, 0.1) is 29.1 Å². The number of furan rings is 2. The Bertz CT molecular complexity index is 1580. The van der Waals surface area contributed by atoms with E-state index >= 15 is 0 Å². The molecule has 3 heterocycles. The van der Waals surface area contributed by atoms with Crippen molar-refractivity contribution in [2.45, 2.75) is 6.92 Å². The molecule has 184 valence electrons. The molecular weight excluding hydrogens is 476 g/mol. The van der Waals surface area contributed by atoms with Gasteiger partial charge in [-0.3, -0.25) is 9.59 Å². The lowest BCUT2D eigenvalue weighted by Crippen LogP contribution is -2.21. The standard InChI is InChI=1S/C27H20N4O6/c1-16(32)28-18-7-9-19(10-8-18)29-24(33)15-37-27(34)17-6-11-20-21(14-17)31-26(23-5-3-13-36-23)25(30-20)22-4-2-12-35-22/h2-14H,15H2,1H3,(H,28,32)(H,29,33). The number of ether oxygens (including phenoxy) is 1. The maximum Gasteiger partial charge on any atom is 0.338 e. The second-order valence-electron chi connectivity index (χ2n) is 7.96. The molecule has 0 aliphatic carbocycles. The van der Waals surface area contributed by atoms with Crippen LogP contribution in [0.15, 0.2) is 88.1 Å². The van der Waals surface area contributed by atoms with E-state index in [1.54, 1.807) is 73.0 Å². The van der Waals surface area contributed by atoms with Gasteiger partial charge in [-0.1, -0.05) is 0 Å². The molecule has 0 aliphatic heterocycles. The summed E-state index contributed by atoms with van der Waals surface area (Å²) in [5.74, 6) is -0.368. The quantitative estimate of drug-likeness (QED) is 0.304. The first-order chi connectivity index (χ1) is 18.0. The second-order valence-corrected chi connectivity index (χ2v) is 7.96. The van der Waals surface area contributed by atoms with Crippen LogP contribution in [-0.4, -0.2) is 34.4 Å². The normalized spacial score (nSPS) is 10.7. The van der Waals surface area contributed by atoms with Gasteiger partial charge >= 0.3 is 5.97 Å². The van der Waals surface area contributed by atoms with Crippen molar-refractivity contribution in [2.75, 3.05) is 17.2 Å². The van der Waals surface area contributed by atoms with Crippen LogP contribution in [0.2, 0.25) is 0 Å². The van der Waals surface area contributed by atoms with E-state index in [-0.39, 0.29) is 11.5 Å². The highest BCUT2D eigenvalue weighted by molar-refractivity contribution is 5.98. The van der Waals surface area contributed by atoms with Gasteiger partial charge in [0.15, 0.2) is 18.1 Å². The molecule has 10 nitrogen and oxygen atoms in total. The molecule has 0 bridgehead atoms. The number of hydrogen-bond donors (Lipinski definition) is 2. The Morgan fingerprint density at radius 3 is 1.95 bits per heavy atom. The maximum atomic E-state index is 12.6. The average molecular weight is 496 g/mol. The minimum atomic E-state index is -0.686. The van der Waals surface area contributed by atoms with E-state index in [2.05, 4.69) is 20.6 Å². The number of nitrogens with one attached hydrogen (secondary N) is 2. The zero-order valence-corrected chi connectivity index (χ0v) is 19.6. The van der Waals surface area contributed by atoms with E-state index in [9.17, 15) is 14.4 Å². The fraction of sp³-hybridized carbons (Fsp3) is 0.0741. The van der Waals surface area contributed by atoms with Gasteiger partial charge in [-0.2, -0.15) is 0 Å². The lowest BCUT2D eigenvalue weighted by molar-refractivity contribution is -0.119. The molecule has 0 saturated carbocycles. The molecule has 5 rings (SSSR count). The van der Waals surface area contributed by atoms with E-state index in [1.165, 1.54) is 13.2 Å². The summed E-state index contributed by atoms with van der Waals surface area (Å²) >= 11 is 0. The molecule has 37 heavy (non-hydrogen) atoms. The fourth-order valence-corrected chi connectivity index (χ4v) is 3.60. The predicted octanol–water partition coefficient (Wildman–Crippen LogP) is 4.90. The van der Waals surface area contributed by atoms with Gasteiger partial charge in [-0.05, 0) is 66.7 Å². The number of rotatable bonds is 7. The molecule has 2 amide bonds. The van der Waals surface area contributed by atoms with Crippen LogP contribution in [0.4, 0.5) is 11.4 Å². The van der Waals surface area contributed by atoms with Crippen LogP contribution in [0.5, 0.6) is 0 Å². The Balaban J connectivity index is 1.30. The molecule has 2 aromatic carbocycles. The van der Waals surface area contributed by atoms with Crippen LogP contribution < -0.4 is 10.6 Å². The molecule has 3 aromatic heterocycles. The van der Waals surface area contributed by atoms with Crippen molar-refractivity contribution in [1.82, 2.24) is 9.97 Å². The zero-order chi connectivity index (χ0) is 25.8. The van der Waals surface area contributed by atoms with Gasteiger partial charge in [-0.15, -0.1) is 0 Å². The monoisotopic (exact) mass is 496 g/mol. The molecule has 0 radical (unpaired) electrons. The largest absolute Gasteiger partial charge is 0.463 e. The molecule has 10 heteroatoms. The first-order valence-electron chi connectivity index (χ1n) is 11.2. The van der Waals surface area contributed by atoms with Gasteiger partial charge in [0.25, 0.3) is 5.91 Å². The number of amides is 2. The first-order valence-corrected chi connectivity index (χ1v) is 11.2. The Hall–Kier alpha value is -5.25. The number of esters is 1. The number of benzene rings is 2. The smallest absolute Gasteiger partial charge is 0.338 e. The Morgan fingerprint density at radius 2 is 1.38 bits per heavy atom. The van der Waals surface area contributed by atoms with Crippen molar-refractivity contribution in [3.05, 3.63) is 84.8 Å². The van der Waals surface area contributed by atoms with Crippen LogP contribution in [0.1, 0.15) is 17.3 Å². The summed E-state index contributed by atoms with van der Waals surface area (Å²) in [7, 11) is 0. The third-order valence-corrected chi connectivity index (χ3v) is 5.23. The highest BCUT2D eigenvalue weighted by atomic mass is 16.5. The van der Waals surface area contributed by atoms with Crippen molar-refractivity contribution in [1.29, 1.82) is 0 Å². The van der Waals surface area contributed by atoms with Gasteiger partial charge in [0.2, 0.25) is 5.91 Å². The summed E-state index contributed by atoms with van der Waals surface area (Å²) in [6.45, 7) is 0.924. The topological polar surface area (TPSA) is 137 Å². The van der Waals surface area contributed by atoms with Gasteiger partial charge in [-0.25, -0.2) is 14.8 Å². The Kier molecular flexibility index (Phi) is 6.45. The number of fused-ring (bicyclic) bond motifs is 1. The van der Waals surface area contributed by atoms with Crippen molar-refractivity contribution in [3.8, 4) is 22.9 Å². The Labute approximate surface area is 210 Å². The number of carbonyl (C=O) groups excluding carboxylic acids is 3. The second kappa shape index (κ2) is 10.2. The molecule has 5 aromatic rings. The third kappa shape index (κ3) is 5.38. The third-order valence-electron chi connectivity index (χ3n) is 5.23. The van der Waals surface area contributed by atoms with Crippen molar-refractivity contribution in [3.63, 3.8) is 0 Å². The molecule has 0 unspecified atom stereocenters. The van der Waals surface area contributed by atoms with E-state index in [4.69, 9.17) is 13.6 Å². The summed E-state index contributed by atoms with van der Waals surface area (Å²) in [5, 5.41) is 5.27. The summed E-state index contributed by atoms with van der Waals surface area (Å²) < 4.78 is 16.2. The molecule has 0 spiro atoms. The number of carbonyl (C=O) groups is 3. The summed E-state index contributed by atoms with van der Waals surface area (Å²) in [4.78, 5) is 45.3. The van der Waals surface area contributed by atoms with E-state index in [0.717, 1.165) is 0 Å². The first kappa shape index (κ1) is 23.5. The van der Waals surface area contributed by atoms with E-state index in [1.807, 2.05) is 0 Å². The Morgan fingerprint density at radius 1 is 0.784 bits per heavy atom. The fourth-order valence-electron chi connectivity index (χ4n) is 3.60. The predicted molar refractivity (Wildman–Crippen MR) is 135 cm³/mol. The zero-order valence-electron chi connectivity index (χ0n) is 19.6. The SMILES string of the molecule is CC(=O)Nc1ccc(NC(=O)COC(=O)c2ccc3nc(-c4ccco4)c(-c4ccco4)nc3c2)cc1. The van der Waals surface area contributed by atoms with Crippen molar-refractivity contribution < 1.29 is 28.0 Å². The molecule has 2 N–H and O–H groups in total. The summed E-state index contributed by atoms with van der Waals surface area (Å²) in [6, 6.07) is 18.3. The minimum Gasteiger partial charge on any atom is -0.463 e. The van der Waals surface area contributed by atoms with Crippen LogP contribution in [0, 0.1) is 0 Å². The number of aromatic nitrogens is 2. The van der Waals surface area contributed by atoms with E-state index in [0.29, 0.717) is 45.3 Å². The molecular formula is C27H20N4O6. The maximum absolute atomic E-state index is 12.6. The highest BCUT2D eigenvalue weighted by Crippen LogP contribution is 2.31. The minimum absolute atomic E-state index is 0.196. The lowest BCUT2D eigenvalue weighted by Gasteiger charge is -2.09. The van der Waals surface area contributed by atoms with Crippen molar-refractivity contribution in [2.24, 2.45) is 0 Å². The molecule has 0 aliphatic rings. The molecule has 0 fully saturated rings. The van der Waals surface area contributed by atoms with Crippen LogP contribution in [0.3, 0.4) is 0 Å². The van der Waals surface area contributed by atoms with Crippen LogP contribution in [-0.2, 0) is 14.3 Å². The highest BCUT2D eigenvalue weighted by Gasteiger charge is 2.19. The summed E-state index contributed by atoms with van der Waals surface area (Å²) in [5.41, 5.74) is 3.26. The van der Waals surface area contributed by atoms with Gasteiger partial charge < -0.3 is 24.2 Å². The molecule has 0 atom stereocenters. The average Bonchev–Trinajstić information content (AvgIpc) is 3.62. The van der Waals surface area contributed by atoms with Gasteiger partial charge in [0, 0.05) is 18.3 Å². The van der Waals surface area contributed by atoms with Crippen molar-refractivity contribution >= 4 is 40.2 Å². The van der Waals surface area contributed by atoms with Crippen LogP contribution >= 0.6 is 0 Å². The summed E-state index contributed by atoms with van der Waals surface area (Å²) in [6.07, 6.45) is 3.08. The molecule has 0 saturated heterocycles. The van der Waals surface area contributed by atoms with Crippen LogP contribution in [0.25, 0.3) is 33.9 Å². The lowest BCUT2D eigenvalue weighted by atomic mass is 10.1. The van der Waals surface area contributed by atoms with Gasteiger partial charge in [0.1, 0.15) is 11.4 Å². The number of hydrogen-bond acceptors (Lipinski definition) is 8.